The van der Waals surface area contributed by atoms with Gasteiger partial charge >= 0.3 is 5.97 Å². The third-order valence-electron chi connectivity index (χ3n) is 3.27. The Morgan fingerprint density at radius 3 is 3.21 bits per heavy atom. The topological polar surface area (TPSA) is 26.3 Å². The lowest BCUT2D eigenvalue weighted by atomic mass is 9.84. The van der Waals surface area contributed by atoms with E-state index in [1.54, 1.807) is 0 Å². The molecule has 2 rings (SSSR count). The highest BCUT2D eigenvalue weighted by molar-refractivity contribution is 5.91. The van der Waals surface area contributed by atoms with Crippen molar-refractivity contribution in [2.45, 2.75) is 51.6 Å². The maximum atomic E-state index is 11.5. The molecule has 0 unspecified atom stereocenters. The molecule has 2 heteroatoms. The van der Waals surface area contributed by atoms with E-state index < -0.39 is 0 Å². The standard InChI is InChI=1S/C12H18O2/c1-2-3-8-11-9-6-4-5-7-10(9)12(13)14-11/h7,9,11H,2-6,8H2,1H3/t9-,11+/m0/s1. The van der Waals surface area contributed by atoms with Gasteiger partial charge in [0.2, 0.25) is 0 Å². The van der Waals surface area contributed by atoms with Crippen molar-refractivity contribution in [3.05, 3.63) is 11.6 Å². The normalized spacial score (nSPS) is 30.9. The summed E-state index contributed by atoms with van der Waals surface area (Å²) < 4.78 is 5.40. The number of hydrogen-bond acceptors (Lipinski definition) is 2. The van der Waals surface area contributed by atoms with Crippen LogP contribution in [0.2, 0.25) is 0 Å². The van der Waals surface area contributed by atoms with Crippen molar-refractivity contribution in [3.8, 4) is 0 Å². The van der Waals surface area contributed by atoms with Crippen LogP contribution in [0.15, 0.2) is 11.6 Å². The van der Waals surface area contributed by atoms with E-state index in [-0.39, 0.29) is 12.1 Å². The predicted molar refractivity (Wildman–Crippen MR) is 54.8 cm³/mol. The molecular weight excluding hydrogens is 176 g/mol. The van der Waals surface area contributed by atoms with E-state index in [1.807, 2.05) is 0 Å². The Bertz CT molecular complexity index is 255. The average molecular weight is 194 g/mol. The number of carbonyl (C=O) groups is 1. The lowest BCUT2D eigenvalue weighted by Crippen LogP contribution is -2.18. The summed E-state index contributed by atoms with van der Waals surface area (Å²) in [5.74, 6) is 0.374. The van der Waals surface area contributed by atoms with Gasteiger partial charge in [-0.25, -0.2) is 4.79 Å². The molecule has 14 heavy (non-hydrogen) atoms. The molecule has 2 atom stereocenters. The molecule has 78 valence electrons. The number of esters is 1. The van der Waals surface area contributed by atoms with E-state index in [9.17, 15) is 4.79 Å². The fourth-order valence-electron chi connectivity index (χ4n) is 2.48. The number of ether oxygens (including phenoxy) is 1. The van der Waals surface area contributed by atoms with Crippen LogP contribution in [0.4, 0.5) is 0 Å². The predicted octanol–water partition coefficient (Wildman–Crippen LogP) is 2.83. The number of fused-ring (bicyclic) bond motifs is 1. The lowest BCUT2D eigenvalue weighted by Gasteiger charge is -2.19. The Hall–Kier alpha value is -0.790. The van der Waals surface area contributed by atoms with Gasteiger partial charge in [0.05, 0.1) is 0 Å². The number of carbonyl (C=O) groups excluding carboxylic acids is 1. The summed E-state index contributed by atoms with van der Waals surface area (Å²) in [5.41, 5.74) is 0.970. The zero-order chi connectivity index (χ0) is 9.97. The molecule has 2 aliphatic rings. The number of cyclic esters (lactones) is 1. The second kappa shape index (κ2) is 4.16. The Kier molecular flexibility index (Phi) is 2.90. The Labute approximate surface area is 85.3 Å². The largest absolute Gasteiger partial charge is 0.458 e. The quantitative estimate of drug-likeness (QED) is 0.646. The second-order valence-electron chi connectivity index (χ2n) is 4.28. The van der Waals surface area contributed by atoms with E-state index in [0.29, 0.717) is 5.92 Å². The highest BCUT2D eigenvalue weighted by Crippen LogP contribution is 2.37. The van der Waals surface area contributed by atoms with Gasteiger partial charge < -0.3 is 4.74 Å². The maximum absolute atomic E-state index is 11.5. The van der Waals surface area contributed by atoms with Crippen LogP contribution < -0.4 is 0 Å². The lowest BCUT2D eigenvalue weighted by molar-refractivity contribution is -0.139. The van der Waals surface area contributed by atoms with Gasteiger partial charge in [0, 0.05) is 11.5 Å². The van der Waals surface area contributed by atoms with Gasteiger partial charge in [-0.15, -0.1) is 0 Å². The molecule has 1 heterocycles. The molecule has 0 aromatic rings. The van der Waals surface area contributed by atoms with Crippen molar-refractivity contribution >= 4 is 5.97 Å². The highest BCUT2D eigenvalue weighted by atomic mass is 16.6. The van der Waals surface area contributed by atoms with Gasteiger partial charge in [-0.2, -0.15) is 0 Å². The van der Waals surface area contributed by atoms with E-state index >= 15 is 0 Å². The summed E-state index contributed by atoms with van der Waals surface area (Å²) in [6.07, 6.45) is 9.09. The third kappa shape index (κ3) is 1.70. The van der Waals surface area contributed by atoms with Crippen LogP contribution in [0.5, 0.6) is 0 Å². The number of hydrogen-bond donors (Lipinski definition) is 0. The minimum Gasteiger partial charge on any atom is -0.458 e. The Morgan fingerprint density at radius 1 is 1.57 bits per heavy atom. The molecule has 1 saturated heterocycles. The van der Waals surface area contributed by atoms with E-state index in [2.05, 4.69) is 13.0 Å². The molecule has 0 aromatic heterocycles. The molecule has 1 aliphatic carbocycles. The van der Waals surface area contributed by atoms with Crippen LogP contribution in [0.3, 0.4) is 0 Å². The average Bonchev–Trinajstić information content (AvgIpc) is 2.54. The molecule has 0 aromatic carbocycles. The van der Waals surface area contributed by atoms with Crippen LogP contribution in [0.1, 0.15) is 45.4 Å². The highest BCUT2D eigenvalue weighted by Gasteiger charge is 2.39. The summed E-state index contributed by atoms with van der Waals surface area (Å²) in [4.78, 5) is 11.5. The summed E-state index contributed by atoms with van der Waals surface area (Å²) in [5, 5.41) is 0. The summed E-state index contributed by atoms with van der Waals surface area (Å²) in [7, 11) is 0. The summed E-state index contributed by atoms with van der Waals surface area (Å²) >= 11 is 0. The van der Waals surface area contributed by atoms with Gasteiger partial charge in [-0.05, 0) is 25.7 Å². The third-order valence-corrected chi connectivity index (χ3v) is 3.27. The smallest absolute Gasteiger partial charge is 0.334 e. The first kappa shape index (κ1) is 9.75. The van der Waals surface area contributed by atoms with Crippen LogP contribution in [0.25, 0.3) is 0 Å². The molecule has 0 amide bonds. The van der Waals surface area contributed by atoms with Gasteiger partial charge in [-0.3, -0.25) is 0 Å². The van der Waals surface area contributed by atoms with Crippen molar-refractivity contribution in [1.82, 2.24) is 0 Å². The maximum Gasteiger partial charge on any atom is 0.334 e. The van der Waals surface area contributed by atoms with Crippen molar-refractivity contribution in [1.29, 1.82) is 0 Å². The monoisotopic (exact) mass is 194 g/mol. The minimum absolute atomic E-state index is 0.0456. The first-order valence-corrected chi connectivity index (χ1v) is 5.74. The van der Waals surface area contributed by atoms with E-state index in [1.165, 1.54) is 19.3 Å². The molecule has 1 fully saturated rings. The van der Waals surface area contributed by atoms with Crippen molar-refractivity contribution in [3.63, 3.8) is 0 Å². The molecule has 0 saturated carbocycles. The van der Waals surface area contributed by atoms with Crippen LogP contribution in [-0.2, 0) is 9.53 Å². The minimum atomic E-state index is -0.0456. The van der Waals surface area contributed by atoms with Crippen LogP contribution in [-0.4, -0.2) is 12.1 Å². The molecule has 2 nitrogen and oxygen atoms in total. The zero-order valence-corrected chi connectivity index (χ0v) is 8.79. The fourth-order valence-corrected chi connectivity index (χ4v) is 2.48. The first-order chi connectivity index (χ1) is 6.83. The second-order valence-corrected chi connectivity index (χ2v) is 4.28. The summed E-state index contributed by atoms with van der Waals surface area (Å²) in [6, 6.07) is 0. The molecule has 0 radical (unpaired) electrons. The van der Waals surface area contributed by atoms with Crippen molar-refractivity contribution in [2.24, 2.45) is 5.92 Å². The molecule has 0 bridgehead atoms. The summed E-state index contributed by atoms with van der Waals surface area (Å²) in [6.45, 7) is 2.17. The molecule has 1 aliphatic heterocycles. The van der Waals surface area contributed by atoms with Crippen LogP contribution >= 0.6 is 0 Å². The fraction of sp³-hybridized carbons (Fsp3) is 0.750. The zero-order valence-electron chi connectivity index (χ0n) is 8.79. The Balaban J connectivity index is 2.04. The van der Waals surface area contributed by atoms with Crippen molar-refractivity contribution < 1.29 is 9.53 Å². The van der Waals surface area contributed by atoms with E-state index in [0.717, 1.165) is 24.8 Å². The number of allylic oxidation sites excluding steroid dienone is 1. The van der Waals surface area contributed by atoms with Crippen LogP contribution in [0, 0.1) is 5.92 Å². The molecule has 0 spiro atoms. The van der Waals surface area contributed by atoms with Gasteiger partial charge in [0.1, 0.15) is 6.10 Å². The Morgan fingerprint density at radius 2 is 2.43 bits per heavy atom. The molecular formula is C12H18O2. The van der Waals surface area contributed by atoms with E-state index in [4.69, 9.17) is 4.74 Å². The van der Waals surface area contributed by atoms with Gasteiger partial charge in [0.25, 0.3) is 0 Å². The molecule has 0 N–H and O–H groups in total. The number of unbranched alkanes of at least 4 members (excludes halogenated alkanes) is 1. The van der Waals surface area contributed by atoms with Gasteiger partial charge in [0.15, 0.2) is 0 Å². The first-order valence-electron chi connectivity index (χ1n) is 5.74. The SMILES string of the molecule is CCCC[C@H]1OC(=O)C2=CCCC[C@@H]21. The van der Waals surface area contributed by atoms with Gasteiger partial charge in [-0.1, -0.05) is 25.8 Å². The number of rotatable bonds is 3. The van der Waals surface area contributed by atoms with Crippen molar-refractivity contribution in [2.75, 3.05) is 0 Å².